The summed E-state index contributed by atoms with van der Waals surface area (Å²) in [6.07, 6.45) is 0.354. The lowest BCUT2D eigenvalue weighted by molar-refractivity contribution is -0.132. The molecular weight excluding hydrogens is 324 g/mol. The van der Waals surface area contributed by atoms with Gasteiger partial charge in [0.1, 0.15) is 5.75 Å². The van der Waals surface area contributed by atoms with Crippen molar-refractivity contribution >= 4 is 11.5 Å². The summed E-state index contributed by atoms with van der Waals surface area (Å²) in [5.41, 5.74) is 3.79. The highest BCUT2D eigenvalue weighted by atomic mass is 16.5. The highest BCUT2D eigenvalue weighted by molar-refractivity contribution is 6.01. The van der Waals surface area contributed by atoms with Crippen molar-refractivity contribution in [3.8, 4) is 5.75 Å². The summed E-state index contributed by atoms with van der Waals surface area (Å²) < 4.78 is 5.23. The van der Waals surface area contributed by atoms with E-state index in [0.29, 0.717) is 12.0 Å². The third-order valence-electron chi connectivity index (χ3n) is 4.22. The number of carboxylic acid groups (broad SMARTS) is 1. The molecule has 3 nitrogen and oxygen atoms in total. The molecule has 0 spiro atoms. The summed E-state index contributed by atoms with van der Waals surface area (Å²) in [5.74, 6) is -0.176. The lowest BCUT2D eigenvalue weighted by Gasteiger charge is -2.14. The molecule has 3 aromatic carbocycles. The molecule has 3 aromatic rings. The Bertz CT molecular complexity index is 895. The van der Waals surface area contributed by atoms with Crippen LogP contribution in [0.5, 0.6) is 5.75 Å². The molecule has 0 atom stereocenters. The standard InChI is InChI=1S/C23H20O3/c1-26-20-14-12-19(13-15-20)22(18-10-6-3-7-11-18)21(23(24)25)16-17-8-4-2-5-9-17/h2-15H,16H2,1H3,(H,24,25). The molecule has 1 N–H and O–H groups in total. The Balaban J connectivity index is 2.18. The van der Waals surface area contributed by atoms with Crippen LogP contribution in [-0.4, -0.2) is 18.2 Å². The van der Waals surface area contributed by atoms with Gasteiger partial charge in [-0.05, 0) is 34.4 Å². The third kappa shape index (κ3) is 4.01. The quantitative estimate of drug-likeness (QED) is 0.652. The van der Waals surface area contributed by atoms with Gasteiger partial charge in [0.05, 0.1) is 7.11 Å². The molecule has 0 bridgehead atoms. The van der Waals surface area contributed by atoms with E-state index in [4.69, 9.17) is 4.74 Å². The first-order chi connectivity index (χ1) is 12.7. The summed E-state index contributed by atoms with van der Waals surface area (Å²) in [6.45, 7) is 0. The number of hydrogen-bond acceptors (Lipinski definition) is 2. The van der Waals surface area contributed by atoms with Crippen molar-refractivity contribution in [1.29, 1.82) is 0 Å². The molecule has 3 rings (SSSR count). The summed E-state index contributed by atoms with van der Waals surface area (Å²) in [5, 5.41) is 9.95. The molecule has 0 aromatic heterocycles. The zero-order valence-electron chi connectivity index (χ0n) is 14.6. The topological polar surface area (TPSA) is 46.5 Å². The van der Waals surface area contributed by atoms with Gasteiger partial charge in [-0.25, -0.2) is 4.79 Å². The second-order valence-corrected chi connectivity index (χ2v) is 5.92. The average molecular weight is 344 g/mol. The van der Waals surface area contributed by atoms with Crippen LogP contribution in [0, 0.1) is 0 Å². The second-order valence-electron chi connectivity index (χ2n) is 5.92. The molecule has 130 valence electrons. The summed E-state index contributed by atoms with van der Waals surface area (Å²) >= 11 is 0. The molecule has 0 heterocycles. The van der Waals surface area contributed by atoms with Crippen molar-refractivity contribution in [2.24, 2.45) is 0 Å². The summed E-state index contributed by atoms with van der Waals surface area (Å²) in [6, 6.07) is 26.8. The molecule has 0 saturated heterocycles. The maximum Gasteiger partial charge on any atom is 0.332 e. The summed E-state index contributed by atoms with van der Waals surface area (Å²) in [7, 11) is 1.61. The zero-order valence-corrected chi connectivity index (χ0v) is 14.6. The minimum Gasteiger partial charge on any atom is -0.497 e. The van der Waals surface area contributed by atoms with Gasteiger partial charge in [0.2, 0.25) is 0 Å². The Hall–Kier alpha value is -3.33. The van der Waals surface area contributed by atoms with E-state index < -0.39 is 5.97 Å². The molecule has 0 aliphatic rings. The van der Waals surface area contributed by atoms with Gasteiger partial charge >= 0.3 is 5.97 Å². The van der Waals surface area contributed by atoms with Gasteiger partial charge in [0.25, 0.3) is 0 Å². The van der Waals surface area contributed by atoms with Crippen LogP contribution in [0.25, 0.3) is 5.57 Å². The zero-order chi connectivity index (χ0) is 18.4. The first-order valence-electron chi connectivity index (χ1n) is 8.39. The number of rotatable bonds is 6. The van der Waals surface area contributed by atoms with Gasteiger partial charge in [0.15, 0.2) is 0 Å². The number of carbonyl (C=O) groups is 1. The molecule has 0 saturated carbocycles. The van der Waals surface area contributed by atoms with E-state index in [9.17, 15) is 9.90 Å². The molecule has 0 aliphatic carbocycles. The predicted octanol–water partition coefficient (Wildman–Crippen LogP) is 4.82. The monoisotopic (exact) mass is 344 g/mol. The molecule has 26 heavy (non-hydrogen) atoms. The van der Waals surface area contributed by atoms with Gasteiger partial charge in [-0.15, -0.1) is 0 Å². The lowest BCUT2D eigenvalue weighted by atomic mass is 9.90. The molecule has 0 aliphatic heterocycles. The number of carboxylic acids is 1. The normalized spacial score (nSPS) is 11.6. The van der Waals surface area contributed by atoms with Crippen LogP contribution >= 0.6 is 0 Å². The Labute approximate surface area is 153 Å². The minimum absolute atomic E-state index is 0.354. The van der Waals surface area contributed by atoms with Gasteiger partial charge in [-0.3, -0.25) is 0 Å². The molecule has 0 fully saturated rings. The number of aliphatic carboxylic acids is 1. The first-order valence-corrected chi connectivity index (χ1v) is 8.39. The SMILES string of the molecule is COc1ccc(C(=C(Cc2ccccc2)C(=O)O)c2ccccc2)cc1. The largest absolute Gasteiger partial charge is 0.497 e. The van der Waals surface area contributed by atoms with E-state index in [0.717, 1.165) is 28.0 Å². The van der Waals surface area contributed by atoms with Crippen LogP contribution < -0.4 is 4.74 Å². The second kappa shape index (κ2) is 8.17. The predicted molar refractivity (Wildman–Crippen MR) is 103 cm³/mol. The van der Waals surface area contributed by atoms with Crippen LogP contribution in [0.3, 0.4) is 0 Å². The molecule has 0 radical (unpaired) electrons. The van der Waals surface area contributed by atoms with E-state index >= 15 is 0 Å². The number of methoxy groups -OCH3 is 1. The molecule has 3 heteroatoms. The number of ether oxygens (including phenoxy) is 1. The van der Waals surface area contributed by atoms with Crippen molar-refractivity contribution in [3.63, 3.8) is 0 Å². The summed E-state index contributed by atoms with van der Waals surface area (Å²) in [4.78, 5) is 12.1. The smallest absolute Gasteiger partial charge is 0.332 e. The third-order valence-corrected chi connectivity index (χ3v) is 4.22. The fourth-order valence-corrected chi connectivity index (χ4v) is 2.95. The lowest BCUT2D eigenvalue weighted by Crippen LogP contribution is -2.08. The van der Waals surface area contributed by atoms with Gasteiger partial charge < -0.3 is 9.84 Å². The maximum atomic E-state index is 12.1. The highest BCUT2D eigenvalue weighted by Crippen LogP contribution is 2.30. The average Bonchev–Trinajstić information content (AvgIpc) is 2.69. The Morgan fingerprint density at radius 2 is 1.35 bits per heavy atom. The van der Waals surface area contributed by atoms with Gasteiger partial charge in [0, 0.05) is 12.0 Å². The van der Waals surface area contributed by atoms with E-state index in [1.54, 1.807) is 7.11 Å². The first kappa shape index (κ1) is 17.5. The number of benzene rings is 3. The van der Waals surface area contributed by atoms with Crippen molar-refractivity contribution in [1.82, 2.24) is 0 Å². The van der Waals surface area contributed by atoms with E-state index in [1.807, 2.05) is 84.9 Å². The van der Waals surface area contributed by atoms with Crippen LogP contribution in [-0.2, 0) is 11.2 Å². The van der Waals surface area contributed by atoms with Crippen molar-refractivity contribution in [3.05, 3.63) is 107 Å². The Kier molecular flexibility index (Phi) is 5.49. The molecular formula is C23H20O3. The van der Waals surface area contributed by atoms with E-state index in [2.05, 4.69) is 0 Å². The van der Waals surface area contributed by atoms with Crippen LogP contribution in [0.4, 0.5) is 0 Å². The van der Waals surface area contributed by atoms with Crippen LogP contribution in [0.1, 0.15) is 16.7 Å². The molecule has 0 unspecified atom stereocenters. The number of hydrogen-bond donors (Lipinski definition) is 1. The van der Waals surface area contributed by atoms with Crippen molar-refractivity contribution in [2.45, 2.75) is 6.42 Å². The highest BCUT2D eigenvalue weighted by Gasteiger charge is 2.18. The molecule has 0 amide bonds. The van der Waals surface area contributed by atoms with Gasteiger partial charge in [-0.2, -0.15) is 0 Å². The van der Waals surface area contributed by atoms with Crippen molar-refractivity contribution < 1.29 is 14.6 Å². The maximum absolute atomic E-state index is 12.1. The Morgan fingerprint density at radius 1 is 0.808 bits per heavy atom. The van der Waals surface area contributed by atoms with E-state index in [-0.39, 0.29) is 0 Å². The van der Waals surface area contributed by atoms with Crippen LogP contribution in [0.2, 0.25) is 0 Å². The van der Waals surface area contributed by atoms with Crippen LogP contribution in [0.15, 0.2) is 90.5 Å². The van der Waals surface area contributed by atoms with Gasteiger partial charge in [-0.1, -0.05) is 72.8 Å². The van der Waals surface area contributed by atoms with Crippen molar-refractivity contribution in [2.75, 3.05) is 7.11 Å². The Morgan fingerprint density at radius 3 is 1.88 bits per heavy atom. The minimum atomic E-state index is -0.913. The fraction of sp³-hybridized carbons (Fsp3) is 0.0870. The fourth-order valence-electron chi connectivity index (χ4n) is 2.95. The van der Waals surface area contributed by atoms with E-state index in [1.165, 1.54) is 0 Å².